The highest BCUT2D eigenvalue weighted by Crippen LogP contribution is 2.28. The molecule has 1 aliphatic rings. The van der Waals surface area contributed by atoms with Gasteiger partial charge >= 0.3 is 0 Å². The molecule has 2 aromatic rings. The Morgan fingerprint density at radius 3 is 2.88 bits per heavy atom. The molecule has 2 aromatic carbocycles. The number of rotatable bonds is 5. The van der Waals surface area contributed by atoms with Gasteiger partial charge < -0.3 is 15.0 Å². The van der Waals surface area contributed by atoms with Crippen molar-refractivity contribution in [2.24, 2.45) is 5.92 Å². The van der Waals surface area contributed by atoms with Crippen LogP contribution in [0.25, 0.3) is 0 Å². The minimum absolute atomic E-state index is 0.0749. The van der Waals surface area contributed by atoms with E-state index in [1.54, 1.807) is 24.3 Å². The summed E-state index contributed by atoms with van der Waals surface area (Å²) >= 11 is 0. The summed E-state index contributed by atoms with van der Waals surface area (Å²) in [5.41, 5.74) is 3.04. The van der Waals surface area contributed by atoms with Crippen molar-refractivity contribution in [3.63, 3.8) is 0 Å². The molecule has 0 saturated carbocycles. The minimum Gasteiger partial charge on any atom is -0.478 e. The van der Waals surface area contributed by atoms with E-state index in [-0.39, 0.29) is 12.5 Å². The number of para-hydroxylation sites is 2. The fraction of sp³-hybridized carbons (Fsp3) is 0.300. The fourth-order valence-corrected chi connectivity index (χ4v) is 3.28. The van der Waals surface area contributed by atoms with Crippen molar-refractivity contribution in [1.82, 2.24) is 5.32 Å². The van der Waals surface area contributed by atoms with Crippen LogP contribution in [0.1, 0.15) is 15.9 Å². The number of anilines is 1. The van der Waals surface area contributed by atoms with E-state index >= 15 is 0 Å². The average molecular weight is 335 g/mol. The monoisotopic (exact) mass is 335 g/mol. The number of nitrogens with zero attached hydrogens (tertiary/aromatic N) is 2. The maximum absolute atomic E-state index is 12.5. The Balaban J connectivity index is 1.63. The normalized spacial score (nSPS) is 15.8. The molecule has 1 atom stereocenters. The van der Waals surface area contributed by atoms with E-state index in [4.69, 9.17) is 10.00 Å². The zero-order chi connectivity index (χ0) is 17.6. The summed E-state index contributed by atoms with van der Waals surface area (Å²) < 4.78 is 5.33. The first-order valence-electron chi connectivity index (χ1n) is 8.35. The molecule has 1 aliphatic heterocycles. The molecule has 0 radical (unpaired) electrons. The molecule has 25 heavy (non-hydrogen) atoms. The Bertz CT molecular complexity index is 798. The summed E-state index contributed by atoms with van der Waals surface area (Å²) in [5, 5.41) is 11.7. The number of carbonyl (C=O) groups is 1. The van der Waals surface area contributed by atoms with E-state index in [0.717, 1.165) is 13.0 Å². The summed E-state index contributed by atoms with van der Waals surface area (Å²) in [4.78, 5) is 14.7. The Labute approximate surface area is 147 Å². The predicted molar refractivity (Wildman–Crippen MR) is 96.8 cm³/mol. The highest BCUT2D eigenvalue weighted by Gasteiger charge is 2.22. The second-order valence-electron chi connectivity index (χ2n) is 6.23. The van der Waals surface area contributed by atoms with Crippen LogP contribution in [-0.4, -0.2) is 32.7 Å². The van der Waals surface area contributed by atoms with Gasteiger partial charge in [-0.05, 0) is 36.1 Å². The van der Waals surface area contributed by atoms with Crippen LogP contribution in [0.5, 0.6) is 5.75 Å². The molecule has 0 aliphatic carbocycles. The number of benzene rings is 2. The molecule has 1 unspecified atom stereocenters. The van der Waals surface area contributed by atoms with Crippen LogP contribution >= 0.6 is 0 Å². The van der Waals surface area contributed by atoms with E-state index in [9.17, 15) is 4.79 Å². The molecule has 0 bridgehead atoms. The summed E-state index contributed by atoms with van der Waals surface area (Å²) in [6.45, 7) is 1.43. The van der Waals surface area contributed by atoms with Crippen molar-refractivity contribution < 1.29 is 9.53 Å². The van der Waals surface area contributed by atoms with Gasteiger partial charge in [0.15, 0.2) is 6.61 Å². The minimum atomic E-state index is -0.171. The Morgan fingerprint density at radius 2 is 2.04 bits per heavy atom. The van der Waals surface area contributed by atoms with Gasteiger partial charge in [-0.15, -0.1) is 0 Å². The van der Waals surface area contributed by atoms with Crippen LogP contribution in [0.2, 0.25) is 0 Å². The lowest BCUT2D eigenvalue weighted by atomic mass is 9.92. The summed E-state index contributed by atoms with van der Waals surface area (Å²) in [7, 11) is 2.08. The Morgan fingerprint density at radius 1 is 1.28 bits per heavy atom. The Hall–Kier alpha value is -3.00. The van der Waals surface area contributed by atoms with E-state index in [1.807, 2.05) is 6.07 Å². The second kappa shape index (κ2) is 7.71. The number of nitriles is 1. The van der Waals surface area contributed by atoms with Crippen molar-refractivity contribution in [2.45, 2.75) is 6.42 Å². The number of nitrogens with one attached hydrogen (secondary N) is 1. The number of hydrogen-bond acceptors (Lipinski definition) is 4. The van der Waals surface area contributed by atoms with Gasteiger partial charge in [0.1, 0.15) is 11.8 Å². The second-order valence-corrected chi connectivity index (χ2v) is 6.23. The highest BCUT2D eigenvalue weighted by atomic mass is 16.5. The molecule has 0 fully saturated rings. The molecule has 3 rings (SSSR count). The third kappa shape index (κ3) is 3.92. The van der Waals surface area contributed by atoms with Crippen molar-refractivity contribution in [2.75, 3.05) is 31.6 Å². The van der Waals surface area contributed by atoms with Gasteiger partial charge in [-0.1, -0.05) is 30.3 Å². The van der Waals surface area contributed by atoms with Crippen molar-refractivity contribution in [3.05, 3.63) is 59.7 Å². The lowest BCUT2D eigenvalue weighted by Crippen LogP contribution is -2.39. The molecule has 1 heterocycles. The molecule has 5 heteroatoms. The number of carbonyl (C=O) groups excluding carboxylic acids is 1. The topological polar surface area (TPSA) is 65.4 Å². The summed E-state index contributed by atoms with van der Waals surface area (Å²) in [5.74, 6) is 0.624. The number of ether oxygens (including phenoxy) is 1. The summed E-state index contributed by atoms with van der Waals surface area (Å²) in [6, 6.07) is 17.3. The molecule has 1 N–H and O–H groups in total. The predicted octanol–water partition coefficient (Wildman–Crippen LogP) is 2.63. The molecule has 0 saturated heterocycles. The molecule has 5 nitrogen and oxygen atoms in total. The molecular formula is C20H21N3O2. The maximum Gasteiger partial charge on any atom is 0.255 e. The average Bonchev–Trinajstić information content (AvgIpc) is 2.65. The first-order chi connectivity index (χ1) is 12.2. The van der Waals surface area contributed by atoms with Crippen molar-refractivity contribution in [3.8, 4) is 11.8 Å². The third-order valence-electron chi connectivity index (χ3n) is 4.42. The van der Waals surface area contributed by atoms with E-state index < -0.39 is 0 Å². The van der Waals surface area contributed by atoms with Crippen LogP contribution in [-0.2, 0) is 6.42 Å². The standard InChI is InChI=1S/C20H21N3O2/c1-23-14-15(12-16-6-2-4-8-18(16)23)13-22-20(24)17-7-3-5-9-19(17)25-11-10-21/h2-9,15H,11-14H2,1H3,(H,22,24). The Kier molecular flexibility index (Phi) is 5.20. The SMILES string of the molecule is CN1CC(CNC(=O)c2ccccc2OCC#N)Cc2ccccc21. The fourth-order valence-electron chi connectivity index (χ4n) is 3.28. The lowest BCUT2D eigenvalue weighted by molar-refractivity contribution is 0.0943. The number of hydrogen-bond donors (Lipinski definition) is 1. The number of amides is 1. The van der Waals surface area contributed by atoms with Gasteiger partial charge in [0.2, 0.25) is 0 Å². The van der Waals surface area contributed by atoms with Gasteiger partial charge in [0, 0.05) is 25.8 Å². The van der Waals surface area contributed by atoms with Crippen LogP contribution in [0.15, 0.2) is 48.5 Å². The maximum atomic E-state index is 12.5. The molecule has 0 aromatic heterocycles. The van der Waals surface area contributed by atoms with E-state index in [0.29, 0.717) is 23.8 Å². The van der Waals surface area contributed by atoms with Gasteiger partial charge in [-0.3, -0.25) is 4.79 Å². The third-order valence-corrected chi connectivity index (χ3v) is 4.42. The quantitative estimate of drug-likeness (QED) is 0.912. The zero-order valence-corrected chi connectivity index (χ0v) is 14.2. The van der Waals surface area contributed by atoms with Gasteiger partial charge in [0.25, 0.3) is 5.91 Å². The van der Waals surface area contributed by atoms with Gasteiger partial charge in [0.05, 0.1) is 5.56 Å². The van der Waals surface area contributed by atoms with Gasteiger partial charge in [-0.2, -0.15) is 5.26 Å². The summed E-state index contributed by atoms with van der Waals surface area (Å²) in [6.07, 6.45) is 0.952. The van der Waals surface area contributed by atoms with Crippen molar-refractivity contribution >= 4 is 11.6 Å². The first-order valence-corrected chi connectivity index (χ1v) is 8.35. The van der Waals surface area contributed by atoms with Crippen LogP contribution in [0, 0.1) is 17.2 Å². The van der Waals surface area contributed by atoms with Crippen molar-refractivity contribution in [1.29, 1.82) is 5.26 Å². The highest BCUT2D eigenvalue weighted by molar-refractivity contribution is 5.96. The van der Waals surface area contributed by atoms with E-state index in [1.165, 1.54) is 11.3 Å². The van der Waals surface area contributed by atoms with Crippen LogP contribution in [0.3, 0.4) is 0 Å². The first kappa shape index (κ1) is 16.8. The van der Waals surface area contributed by atoms with E-state index in [2.05, 4.69) is 41.5 Å². The number of fused-ring (bicyclic) bond motifs is 1. The van der Waals surface area contributed by atoms with Crippen LogP contribution < -0.4 is 15.0 Å². The zero-order valence-electron chi connectivity index (χ0n) is 14.2. The molecular weight excluding hydrogens is 314 g/mol. The lowest BCUT2D eigenvalue weighted by Gasteiger charge is -2.33. The smallest absolute Gasteiger partial charge is 0.255 e. The molecule has 128 valence electrons. The van der Waals surface area contributed by atoms with Gasteiger partial charge in [-0.25, -0.2) is 0 Å². The molecule has 1 amide bonds. The largest absolute Gasteiger partial charge is 0.478 e. The molecule has 0 spiro atoms. The van der Waals surface area contributed by atoms with Crippen LogP contribution in [0.4, 0.5) is 5.69 Å².